The molecule has 82 valence electrons. The summed E-state index contributed by atoms with van der Waals surface area (Å²) in [6, 6.07) is 10.4. The third kappa shape index (κ3) is 7.95. The molecule has 0 amide bonds. The van der Waals surface area contributed by atoms with E-state index in [0.717, 1.165) is 13.2 Å². The zero-order valence-electron chi connectivity index (χ0n) is 9.86. The number of epoxide rings is 1. The summed E-state index contributed by atoms with van der Waals surface area (Å²) in [5.41, 5.74) is 1.54. The summed E-state index contributed by atoms with van der Waals surface area (Å²) in [6.07, 6.45) is 4.39. The van der Waals surface area contributed by atoms with Crippen LogP contribution in [0.15, 0.2) is 36.4 Å². The van der Waals surface area contributed by atoms with Crippen LogP contribution in [0.2, 0.25) is 0 Å². The van der Waals surface area contributed by atoms with Gasteiger partial charge in [0.2, 0.25) is 0 Å². The van der Waals surface area contributed by atoms with Crippen molar-refractivity contribution in [3.63, 3.8) is 0 Å². The van der Waals surface area contributed by atoms with Crippen LogP contribution in [0.1, 0.15) is 26.3 Å². The van der Waals surface area contributed by atoms with E-state index in [4.69, 9.17) is 0 Å². The number of allylic oxidation sites excluding steroid dienone is 1. The molecule has 1 heteroatoms. The van der Waals surface area contributed by atoms with Crippen molar-refractivity contribution in [1.82, 2.24) is 0 Å². The molecular formula is C14H20O. The van der Waals surface area contributed by atoms with Crippen LogP contribution >= 0.6 is 0 Å². The van der Waals surface area contributed by atoms with E-state index in [-0.39, 0.29) is 5.41 Å². The predicted octanol–water partition coefficient (Wildman–Crippen LogP) is 3.76. The lowest BCUT2D eigenvalue weighted by Gasteiger charge is -2.10. The molecule has 1 aliphatic heterocycles. The molecule has 0 N–H and O–H groups in total. The maximum atomic E-state index is 4.50. The molecule has 2 rings (SSSR count). The average molecular weight is 204 g/mol. The Labute approximate surface area is 92.8 Å². The van der Waals surface area contributed by atoms with Crippen molar-refractivity contribution in [2.45, 2.75) is 20.8 Å². The van der Waals surface area contributed by atoms with Crippen LogP contribution < -0.4 is 0 Å². The quantitative estimate of drug-likeness (QED) is 0.634. The molecule has 1 heterocycles. The molecular weight excluding hydrogens is 184 g/mol. The molecule has 0 spiro atoms. The fraction of sp³-hybridized carbons (Fsp3) is 0.429. The molecule has 1 aliphatic rings. The van der Waals surface area contributed by atoms with Crippen LogP contribution in [-0.2, 0) is 4.74 Å². The van der Waals surface area contributed by atoms with Gasteiger partial charge in [0.25, 0.3) is 0 Å². The molecule has 1 aromatic rings. The predicted molar refractivity (Wildman–Crippen MR) is 65.8 cm³/mol. The Morgan fingerprint density at radius 2 is 1.60 bits per heavy atom. The SMILES string of the molecule is C1CO1.CC(C)(C)C=Cc1ccccc1. The molecule has 15 heavy (non-hydrogen) atoms. The first-order valence-electron chi connectivity index (χ1n) is 5.40. The average Bonchev–Trinajstić information content (AvgIpc) is 3.02. The summed E-state index contributed by atoms with van der Waals surface area (Å²) in [7, 11) is 0. The van der Waals surface area contributed by atoms with Crippen LogP contribution in [0.3, 0.4) is 0 Å². The highest BCUT2D eigenvalue weighted by Gasteiger charge is 2.02. The highest BCUT2D eigenvalue weighted by molar-refractivity contribution is 5.49. The molecule has 0 radical (unpaired) electrons. The van der Waals surface area contributed by atoms with Gasteiger partial charge in [-0.25, -0.2) is 0 Å². The van der Waals surface area contributed by atoms with Crippen LogP contribution in [0.4, 0.5) is 0 Å². The van der Waals surface area contributed by atoms with Crippen molar-refractivity contribution >= 4 is 6.08 Å². The van der Waals surface area contributed by atoms with Crippen molar-refractivity contribution in [3.8, 4) is 0 Å². The molecule has 0 aliphatic carbocycles. The summed E-state index contributed by atoms with van der Waals surface area (Å²) < 4.78 is 4.50. The van der Waals surface area contributed by atoms with E-state index >= 15 is 0 Å². The monoisotopic (exact) mass is 204 g/mol. The molecule has 0 bridgehead atoms. The van der Waals surface area contributed by atoms with Gasteiger partial charge >= 0.3 is 0 Å². The fourth-order valence-corrected chi connectivity index (χ4v) is 0.910. The van der Waals surface area contributed by atoms with Gasteiger partial charge in [0.15, 0.2) is 0 Å². The van der Waals surface area contributed by atoms with Gasteiger partial charge in [-0.3, -0.25) is 0 Å². The van der Waals surface area contributed by atoms with Gasteiger partial charge in [0.1, 0.15) is 0 Å². The molecule has 1 saturated heterocycles. The Morgan fingerprint density at radius 1 is 1.07 bits per heavy atom. The molecule has 1 nitrogen and oxygen atoms in total. The minimum absolute atomic E-state index is 0.274. The lowest BCUT2D eigenvalue weighted by molar-refractivity contribution is 0.475. The highest BCUT2D eigenvalue weighted by Crippen LogP contribution is 2.16. The third-order valence-electron chi connectivity index (χ3n) is 1.78. The number of ether oxygens (including phenoxy) is 1. The van der Waals surface area contributed by atoms with Crippen LogP contribution in [0.25, 0.3) is 6.08 Å². The minimum atomic E-state index is 0.274. The van der Waals surface area contributed by atoms with E-state index < -0.39 is 0 Å². The molecule has 1 aromatic carbocycles. The zero-order chi connectivity index (χ0) is 11.1. The minimum Gasteiger partial charge on any atom is -0.377 e. The van der Waals surface area contributed by atoms with E-state index in [2.05, 4.69) is 61.9 Å². The number of hydrogen-bond acceptors (Lipinski definition) is 1. The second-order valence-electron chi connectivity index (χ2n) is 4.72. The lowest BCUT2D eigenvalue weighted by atomic mass is 9.95. The maximum absolute atomic E-state index is 4.50. The Hall–Kier alpha value is -1.08. The van der Waals surface area contributed by atoms with Gasteiger partial charge in [0, 0.05) is 0 Å². The second kappa shape index (κ2) is 5.72. The normalized spacial score (nSPS) is 14.6. The van der Waals surface area contributed by atoms with Crippen LogP contribution in [0.5, 0.6) is 0 Å². The first-order valence-corrected chi connectivity index (χ1v) is 5.40. The topological polar surface area (TPSA) is 12.5 Å². The number of rotatable bonds is 1. The molecule has 0 atom stereocenters. The van der Waals surface area contributed by atoms with E-state index in [0.29, 0.717) is 0 Å². The number of hydrogen-bond donors (Lipinski definition) is 0. The van der Waals surface area contributed by atoms with Gasteiger partial charge in [0.05, 0.1) is 13.2 Å². The maximum Gasteiger partial charge on any atom is 0.0701 e. The van der Waals surface area contributed by atoms with Crippen molar-refractivity contribution in [2.75, 3.05) is 13.2 Å². The van der Waals surface area contributed by atoms with Crippen molar-refractivity contribution in [2.24, 2.45) is 5.41 Å². The number of benzene rings is 1. The van der Waals surface area contributed by atoms with E-state index in [1.807, 2.05) is 6.07 Å². The van der Waals surface area contributed by atoms with E-state index in [9.17, 15) is 0 Å². The zero-order valence-corrected chi connectivity index (χ0v) is 9.86. The first kappa shape index (κ1) is 12.0. The van der Waals surface area contributed by atoms with Crippen LogP contribution in [-0.4, -0.2) is 13.2 Å². The van der Waals surface area contributed by atoms with E-state index in [1.165, 1.54) is 5.56 Å². The smallest absolute Gasteiger partial charge is 0.0701 e. The lowest BCUT2D eigenvalue weighted by Crippen LogP contribution is -1.97. The van der Waals surface area contributed by atoms with Gasteiger partial charge < -0.3 is 4.74 Å². The summed E-state index contributed by atoms with van der Waals surface area (Å²) >= 11 is 0. The second-order valence-corrected chi connectivity index (χ2v) is 4.72. The summed E-state index contributed by atoms with van der Waals surface area (Å²) in [5.74, 6) is 0. The van der Waals surface area contributed by atoms with Gasteiger partial charge in [-0.2, -0.15) is 0 Å². The fourth-order valence-electron chi connectivity index (χ4n) is 0.910. The largest absolute Gasteiger partial charge is 0.377 e. The summed E-state index contributed by atoms with van der Waals surface area (Å²) in [4.78, 5) is 0. The standard InChI is InChI=1S/C12H16.C2H4O/c1-12(2,3)10-9-11-7-5-4-6-8-11;1-2-3-1/h4-10H,1-3H3;1-2H2. The Balaban J connectivity index is 0.000000319. The highest BCUT2D eigenvalue weighted by atomic mass is 16.6. The van der Waals surface area contributed by atoms with Crippen molar-refractivity contribution in [1.29, 1.82) is 0 Å². The Bertz CT molecular complexity index is 288. The van der Waals surface area contributed by atoms with Crippen molar-refractivity contribution < 1.29 is 4.74 Å². The van der Waals surface area contributed by atoms with Gasteiger partial charge in [-0.05, 0) is 11.0 Å². The van der Waals surface area contributed by atoms with Crippen molar-refractivity contribution in [3.05, 3.63) is 42.0 Å². The summed E-state index contributed by atoms with van der Waals surface area (Å²) in [6.45, 7) is 8.60. The Morgan fingerprint density at radius 3 is 2.00 bits per heavy atom. The summed E-state index contributed by atoms with van der Waals surface area (Å²) in [5, 5.41) is 0. The molecule has 1 fully saturated rings. The Kier molecular flexibility index (Phi) is 4.57. The van der Waals surface area contributed by atoms with Crippen LogP contribution in [0, 0.1) is 5.41 Å². The van der Waals surface area contributed by atoms with E-state index in [1.54, 1.807) is 0 Å². The first-order chi connectivity index (χ1) is 7.08. The van der Waals surface area contributed by atoms with Gasteiger partial charge in [-0.15, -0.1) is 0 Å². The third-order valence-corrected chi connectivity index (χ3v) is 1.78. The molecule has 0 unspecified atom stereocenters. The molecule has 0 aromatic heterocycles. The van der Waals surface area contributed by atoms with Gasteiger partial charge in [-0.1, -0.05) is 63.3 Å². The molecule has 0 saturated carbocycles.